The maximum absolute atomic E-state index is 14.6. The van der Waals surface area contributed by atoms with Gasteiger partial charge in [0.15, 0.2) is 17.5 Å². The number of para-hydroxylation sites is 1. The van der Waals surface area contributed by atoms with Crippen LogP contribution in [-0.4, -0.2) is 19.5 Å². The largest absolute Gasteiger partial charge is 0.416 e. The second kappa shape index (κ2) is 16.1. The molecule has 0 saturated carbocycles. The minimum Gasteiger partial charge on any atom is -0.308 e. The summed E-state index contributed by atoms with van der Waals surface area (Å²) in [5.41, 5.74) is 4.59. The summed E-state index contributed by atoms with van der Waals surface area (Å²) in [6, 6.07) is 54.3. The van der Waals surface area contributed by atoms with Gasteiger partial charge in [-0.2, -0.15) is 31.6 Å². The number of nitriles is 1. The Morgan fingerprint density at radius 2 is 0.846 bits per heavy atom. The van der Waals surface area contributed by atoms with Crippen LogP contribution in [0.25, 0.3) is 95.0 Å². The molecule has 0 unspecified atom stereocenters. The molecule has 2 heterocycles. The second-order valence-electron chi connectivity index (χ2n) is 15.4. The lowest BCUT2D eigenvalue weighted by Crippen LogP contribution is -2.07. The van der Waals surface area contributed by atoms with Crippen molar-refractivity contribution < 1.29 is 26.3 Å². The molecular weight excluding hydrogens is 833 g/mol. The van der Waals surface area contributed by atoms with Crippen LogP contribution in [0.3, 0.4) is 0 Å². The quantitative estimate of drug-likeness (QED) is 0.150. The standard InChI is InChI=1S/C54H31F6N5/c55-53(56,57)41-17-9-15-38(27-41)44-30-40(52-63-50(35-11-3-1-4-12-35)62-51(64-52)36-13-5-2-6-14-36)31-45(39-16-10-18-42(28-39)54(58,59)60)49(44)65-47-20-8-7-19-43(47)46-29-37(25-26-48(46)65)34-23-21-33(32-61)22-24-34/h1-31H. The van der Waals surface area contributed by atoms with Crippen molar-refractivity contribution in [3.63, 3.8) is 0 Å². The molecule has 0 aliphatic heterocycles. The predicted molar refractivity (Wildman–Crippen MR) is 242 cm³/mol. The third-order valence-corrected chi connectivity index (χ3v) is 11.3. The first-order chi connectivity index (χ1) is 31.4. The fourth-order valence-electron chi connectivity index (χ4n) is 8.24. The van der Waals surface area contributed by atoms with Crippen LogP contribution in [0.4, 0.5) is 26.3 Å². The second-order valence-corrected chi connectivity index (χ2v) is 15.4. The Kier molecular flexibility index (Phi) is 10.1. The minimum absolute atomic E-state index is 0.153. The molecule has 2 aromatic heterocycles. The molecule has 0 bridgehead atoms. The lowest BCUT2D eigenvalue weighted by Gasteiger charge is -2.22. The average Bonchev–Trinajstić information content (AvgIpc) is 3.67. The molecule has 314 valence electrons. The monoisotopic (exact) mass is 863 g/mol. The van der Waals surface area contributed by atoms with E-state index in [1.54, 1.807) is 36.4 Å². The summed E-state index contributed by atoms with van der Waals surface area (Å²) in [5, 5.41) is 11.0. The van der Waals surface area contributed by atoms with Gasteiger partial charge in [0.05, 0.1) is 39.5 Å². The van der Waals surface area contributed by atoms with E-state index in [0.717, 1.165) is 46.2 Å². The number of benzene rings is 8. The minimum atomic E-state index is -4.71. The van der Waals surface area contributed by atoms with E-state index < -0.39 is 23.5 Å². The number of hydrogen-bond acceptors (Lipinski definition) is 4. The first-order valence-electron chi connectivity index (χ1n) is 20.4. The van der Waals surface area contributed by atoms with Crippen LogP contribution in [0.1, 0.15) is 16.7 Å². The van der Waals surface area contributed by atoms with Crippen LogP contribution in [0.5, 0.6) is 0 Å². The topological polar surface area (TPSA) is 67.4 Å². The molecule has 0 aliphatic carbocycles. The van der Waals surface area contributed by atoms with E-state index in [-0.39, 0.29) is 28.1 Å². The first kappa shape index (κ1) is 40.7. The molecule has 0 radical (unpaired) electrons. The van der Waals surface area contributed by atoms with Gasteiger partial charge in [0.2, 0.25) is 0 Å². The van der Waals surface area contributed by atoms with Gasteiger partial charge in [-0.25, -0.2) is 15.0 Å². The maximum Gasteiger partial charge on any atom is 0.416 e. The van der Waals surface area contributed by atoms with Gasteiger partial charge in [0.25, 0.3) is 0 Å². The van der Waals surface area contributed by atoms with E-state index in [1.807, 2.05) is 120 Å². The Morgan fingerprint density at radius 3 is 1.37 bits per heavy atom. The van der Waals surface area contributed by atoms with E-state index in [2.05, 4.69) is 6.07 Å². The fourth-order valence-corrected chi connectivity index (χ4v) is 8.24. The van der Waals surface area contributed by atoms with Crippen molar-refractivity contribution in [1.29, 1.82) is 5.26 Å². The Morgan fingerprint density at radius 1 is 0.385 bits per heavy atom. The molecule has 0 aliphatic rings. The van der Waals surface area contributed by atoms with Crippen molar-refractivity contribution in [3.8, 4) is 79.3 Å². The Hall–Kier alpha value is -8.36. The van der Waals surface area contributed by atoms with Gasteiger partial charge in [-0.1, -0.05) is 121 Å². The van der Waals surface area contributed by atoms with Crippen LogP contribution in [0, 0.1) is 11.3 Å². The van der Waals surface area contributed by atoms with Crippen molar-refractivity contribution in [1.82, 2.24) is 19.5 Å². The van der Waals surface area contributed by atoms with Gasteiger partial charge in [-0.15, -0.1) is 0 Å². The number of halogens is 6. The smallest absolute Gasteiger partial charge is 0.308 e. The summed E-state index contributed by atoms with van der Waals surface area (Å²) in [7, 11) is 0. The van der Waals surface area contributed by atoms with Gasteiger partial charge in [0, 0.05) is 38.6 Å². The van der Waals surface area contributed by atoms with E-state index in [4.69, 9.17) is 15.0 Å². The summed E-state index contributed by atoms with van der Waals surface area (Å²) in [5.74, 6) is 0.792. The third kappa shape index (κ3) is 7.76. The first-order valence-corrected chi connectivity index (χ1v) is 20.4. The van der Waals surface area contributed by atoms with Crippen molar-refractivity contribution in [3.05, 3.63) is 205 Å². The molecule has 10 aromatic rings. The molecule has 11 heteroatoms. The summed E-state index contributed by atoms with van der Waals surface area (Å²) in [6.45, 7) is 0. The summed E-state index contributed by atoms with van der Waals surface area (Å²) >= 11 is 0. The molecule has 10 rings (SSSR count). The number of alkyl halides is 6. The summed E-state index contributed by atoms with van der Waals surface area (Å²) in [6.07, 6.45) is -9.43. The van der Waals surface area contributed by atoms with Crippen molar-refractivity contribution in [2.24, 2.45) is 0 Å². The van der Waals surface area contributed by atoms with Crippen LogP contribution in [-0.2, 0) is 12.4 Å². The molecule has 0 atom stereocenters. The molecule has 65 heavy (non-hydrogen) atoms. The number of nitrogens with zero attached hydrogens (tertiary/aromatic N) is 5. The Balaban J connectivity index is 1.33. The highest BCUT2D eigenvalue weighted by molar-refractivity contribution is 6.12. The molecule has 8 aromatic carbocycles. The normalized spacial score (nSPS) is 11.8. The van der Waals surface area contributed by atoms with E-state index in [9.17, 15) is 31.6 Å². The number of aromatic nitrogens is 4. The highest BCUT2D eigenvalue weighted by Gasteiger charge is 2.33. The van der Waals surface area contributed by atoms with Crippen LogP contribution >= 0.6 is 0 Å². The molecule has 0 amide bonds. The van der Waals surface area contributed by atoms with Gasteiger partial charge in [0.1, 0.15) is 0 Å². The van der Waals surface area contributed by atoms with Crippen LogP contribution < -0.4 is 0 Å². The molecule has 0 spiro atoms. The molecule has 0 fully saturated rings. The fraction of sp³-hybridized carbons (Fsp3) is 0.0370. The summed E-state index contributed by atoms with van der Waals surface area (Å²) < 4.78 is 89.5. The zero-order valence-electron chi connectivity index (χ0n) is 33.9. The zero-order valence-corrected chi connectivity index (χ0v) is 33.9. The average molecular weight is 864 g/mol. The van der Waals surface area contributed by atoms with Crippen molar-refractivity contribution >= 4 is 21.8 Å². The van der Waals surface area contributed by atoms with Gasteiger partial charge >= 0.3 is 12.4 Å². The number of rotatable bonds is 7. The Labute approximate surface area is 368 Å². The van der Waals surface area contributed by atoms with E-state index in [1.165, 1.54) is 12.1 Å². The maximum atomic E-state index is 14.6. The number of hydrogen-bond donors (Lipinski definition) is 0. The van der Waals surface area contributed by atoms with Crippen LogP contribution in [0.2, 0.25) is 0 Å². The van der Waals surface area contributed by atoms with Crippen molar-refractivity contribution in [2.75, 3.05) is 0 Å². The van der Waals surface area contributed by atoms with E-state index >= 15 is 0 Å². The van der Waals surface area contributed by atoms with Gasteiger partial charge < -0.3 is 4.57 Å². The predicted octanol–water partition coefficient (Wildman–Crippen LogP) is 14.9. The van der Waals surface area contributed by atoms with Gasteiger partial charge in [-0.05, 0) is 89.0 Å². The third-order valence-electron chi connectivity index (χ3n) is 11.3. The molecular formula is C54H31F6N5. The Bertz CT molecular complexity index is 3330. The highest BCUT2D eigenvalue weighted by Crippen LogP contribution is 2.46. The highest BCUT2D eigenvalue weighted by atomic mass is 19.4. The van der Waals surface area contributed by atoms with E-state index in [0.29, 0.717) is 50.6 Å². The molecule has 0 N–H and O–H groups in total. The lowest BCUT2D eigenvalue weighted by atomic mass is 9.91. The van der Waals surface area contributed by atoms with Gasteiger partial charge in [-0.3, -0.25) is 0 Å². The van der Waals surface area contributed by atoms with Crippen molar-refractivity contribution in [2.45, 2.75) is 12.4 Å². The number of fused-ring (bicyclic) bond motifs is 3. The SMILES string of the molecule is N#Cc1ccc(-c2ccc3c(c2)c2ccccc2n3-c2c(-c3cccc(C(F)(F)F)c3)cc(-c3nc(-c4ccccc4)nc(-c4ccccc4)n3)cc2-c2cccc(C(F)(F)F)c2)cc1. The molecule has 5 nitrogen and oxygen atoms in total. The summed E-state index contributed by atoms with van der Waals surface area (Å²) in [4.78, 5) is 14.6. The lowest BCUT2D eigenvalue weighted by molar-refractivity contribution is -0.138. The zero-order chi connectivity index (χ0) is 44.9. The van der Waals surface area contributed by atoms with Crippen LogP contribution in [0.15, 0.2) is 188 Å². The molecule has 0 saturated heterocycles.